The summed E-state index contributed by atoms with van der Waals surface area (Å²) < 4.78 is 33.4. The summed E-state index contributed by atoms with van der Waals surface area (Å²) in [6, 6.07) is 6.28. The van der Waals surface area contributed by atoms with Gasteiger partial charge >= 0.3 is 5.97 Å². The van der Waals surface area contributed by atoms with E-state index in [1.807, 2.05) is 19.9 Å². The number of hydrogen-bond donors (Lipinski definition) is 1. The normalized spacial score (nSPS) is 11.1. The molecular formula is C21H21F2N3O3. The van der Waals surface area contributed by atoms with Crippen LogP contribution in [0.5, 0.6) is 0 Å². The molecule has 0 bridgehead atoms. The van der Waals surface area contributed by atoms with Gasteiger partial charge in [0.25, 0.3) is 5.91 Å². The van der Waals surface area contributed by atoms with Gasteiger partial charge in [-0.3, -0.25) is 4.79 Å². The number of ether oxygens (including phenoxy) is 1. The van der Waals surface area contributed by atoms with Crippen LogP contribution in [-0.2, 0) is 20.9 Å². The highest BCUT2D eigenvalue weighted by Gasteiger charge is 2.16. The van der Waals surface area contributed by atoms with Crippen molar-refractivity contribution in [1.29, 1.82) is 5.26 Å². The van der Waals surface area contributed by atoms with Gasteiger partial charge in [0, 0.05) is 24.0 Å². The van der Waals surface area contributed by atoms with Crippen molar-refractivity contribution in [3.05, 3.63) is 58.4 Å². The number of amides is 1. The Kier molecular flexibility index (Phi) is 7.26. The number of anilines is 1. The van der Waals surface area contributed by atoms with Gasteiger partial charge in [0.15, 0.2) is 6.61 Å². The van der Waals surface area contributed by atoms with Crippen LogP contribution in [0.2, 0.25) is 0 Å². The lowest BCUT2D eigenvalue weighted by molar-refractivity contribution is -0.142. The van der Waals surface area contributed by atoms with Gasteiger partial charge in [0.05, 0.1) is 5.69 Å². The Morgan fingerprint density at radius 2 is 2.00 bits per heavy atom. The number of rotatable bonds is 7. The predicted molar refractivity (Wildman–Crippen MR) is 104 cm³/mol. The Labute approximate surface area is 167 Å². The first-order valence-electron chi connectivity index (χ1n) is 8.97. The van der Waals surface area contributed by atoms with Gasteiger partial charge in [0.2, 0.25) is 0 Å². The van der Waals surface area contributed by atoms with Crippen LogP contribution in [0, 0.1) is 36.8 Å². The van der Waals surface area contributed by atoms with Crippen LogP contribution in [0.25, 0.3) is 6.08 Å². The number of aromatic nitrogens is 1. The summed E-state index contributed by atoms with van der Waals surface area (Å²) in [6.07, 6.45) is 2.35. The van der Waals surface area contributed by atoms with E-state index in [0.717, 1.165) is 36.5 Å². The number of aryl methyl sites for hydroxylation is 1. The third-order valence-corrected chi connectivity index (χ3v) is 4.24. The fourth-order valence-electron chi connectivity index (χ4n) is 2.82. The maximum atomic E-state index is 13.5. The lowest BCUT2D eigenvalue weighted by Gasteiger charge is -2.08. The minimum Gasteiger partial charge on any atom is -0.451 e. The summed E-state index contributed by atoms with van der Waals surface area (Å²) in [5.41, 5.74) is 2.12. The molecule has 0 aliphatic rings. The van der Waals surface area contributed by atoms with E-state index in [2.05, 4.69) is 16.8 Å². The molecule has 2 aromatic rings. The third kappa shape index (κ3) is 5.51. The SMILES string of the molecule is CCCn1c(C)cc(C=C(C#N)C(=O)OCC(=O)Nc2ccc(F)cc2F)c1C. The molecule has 0 aliphatic carbocycles. The number of esters is 1. The molecule has 2 rings (SSSR count). The summed E-state index contributed by atoms with van der Waals surface area (Å²) in [4.78, 5) is 24.0. The number of carbonyl (C=O) groups excluding carboxylic acids is 2. The van der Waals surface area contributed by atoms with Crippen molar-refractivity contribution in [1.82, 2.24) is 4.57 Å². The van der Waals surface area contributed by atoms with E-state index < -0.39 is 30.1 Å². The molecule has 0 atom stereocenters. The maximum absolute atomic E-state index is 13.5. The van der Waals surface area contributed by atoms with Crippen molar-refractivity contribution in [3.8, 4) is 6.07 Å². The highest BCUT2D eigenvalue weighted by molar-refractivity contribution is 6.00. The van der Waals surface area contributed by atoms with Crippen LogP contribution in [0.15, 0.2) is 29.8 Å². The molecule has 1 amide bonds. The Bertz CT molecular complexity index is 1000. The van der Waals surface area contributed by atoms with E-state index >= 15 is 0 Å². The molecule has 0 aliphatic heterocycles. The second-order valence-electron chi connectivity index (χ2n) is 6.40. The first-order valence-corrected chi connectivity index (χ1v) is 8.97. The van der Waals surface area contributed by atoms with E-state index in [9.17, 15) is 23.6 Å². The minimum atomic E-state index is -0.970. The largest absolute Gasteiger partial charge is 0.451 e. The molecule has 1 aromatic carbocycles. The van der Waals surface area contributed by atoms with Gasteiger partial charge in [-0.1, -0.05) is 6.92 Å². The van der Waals surface area contributed by atoms with Gasteiger partial charge in [-0.05, 0) is 50.1 Å². The minimum absolute atomic E-state index is 0.244. The van der Waals surface area contributed by atoms with Crippen molar-refractivity contribution < 1.29 is 23.1 Å². The molecule has 1 N–H and O–H groups in total. The second kappa shape index (κ2) is 9.64. The zero-order chi connectivity index (χ0) is 21.6. The van der Waals surface area contributed by atoms with Crippen LogP contribution in [0.1, 0.15) is 30.3 Å². The topological polar surface area (TPSA) is 84.1 Å². The van der Waals surface area contributed by atoms with Crippen molar-refractivity contribution in [3.63, 3.8) is 0 Å². The summed E-state index contributed by atoms with van der Waals surface area (Å²) in [5.74, 6) is -3.52. The highest BCUT2D eigenvalue weighted by Crippen LogP contribution is 2.19. The van der Waals surface area contributed by atoms with Gasteiger partial charge in [-0.25, -0.2) is 13.6 Å². The van der Waals surface area contributed by atoms with Crippen molar-refractivity contribution in [2.45, 2.75) is 33.7 Å². The van der Waals surface area contributed by atoms with Crippen LogP contribution in [-0.4, -0.2) is 23.1 Å². The molecule has 8 heteroatoms. The summed E-state index contributed by atoms with van der Waals surface area (Å²) in [6.45, 7) is 5.97. The number of carbonyl (C=O) groups is 2. The second-order valence-corrected chi connectivity index (χ2v) is 6.40. The zero-order valence-corrected chi connectivity index (χ0v) is 16.4. The molecule has 6 nitrogen and oxygen atoms in total. The van der Waals surface area contributed by atoms with Gasteiger partial charge in [0.1, 0.15) is 23.3 Å². The number of halogens is 2. The Balaban J connectivity index is 2.05. The van der Waals surface area contributed by atoms with Gasteiger partial charge in [-0.15, -0.1) is 0 Å². The molecular weight excluding hydrogens is 380 g/mol. The number of nitrogens with one attached hydrogen (secondary N) is 1. The van der Waals surface area contributed by atoms with E-state index in [1.54, 1.807) is 6.07 Å². The van der Waals surface area contributed by atoms with Crippen LogP contribution in [0.3, 0.4) is 0 Å². The lowest BCUT2D eigenvalue weighted by atomic mass is 10.1. The zero-order valence-electron chi connectivity index (χ0n) is 16.4. The molecule has 0 saturated heterocycles. The van der Waals surface area contributed by atoms with E-state index in [-0.39, 0.29) is 11.3 Å². The molecule has 1 aromatic heterocycles. The third-order valence-electron chi connectivity index (χ3n) is 4.24. The van der Waals surface area contributed by atoms with Crippen molar-refractivity contribution in [2.24, 2.45) is 0 Å². The maximum Gasteiger partial charge on any atom is 0.349 e. The highest BCUT2D eigenvalue weighted by atomic mass is 19.1. The van der Waals surface area contributed by atoms with Crippen LogP contribution in [0.4, 0.5) is 14.5 Å². The first-order chi connectivity index (χ1) is 13.8. The van der Waals surface area contributed by atoms with E-state index in [1.165, 1.54) is 6.08 Å². The monoisotopic (exact) mass is 401 g/mol. The number of hydrogen-bond acceptors (Lipinski definition) is 4. The fraction of sp³-hybridized carbons (Fsp3) is 0.286. The fourth-order valence-corrected chi connectivity index (χ4v) is 2.82. The van der Waals surface area contributed by atoms with Crippen LogP contribution >= 0.6 is 0 Å². The van der Waals surface area contributed by atoms with E-state index in [0.29, 0.717) is 11.6 Å². The van der Waals surface area contributed by atoms with Crippen LogP contribution < -0.4 is 5.32 Å². The summed E-state index contributed by atoms with van der Waals surface area (Å²) in [5, 5.41) is 11.4. The first kappa shape index (κ1) is 21.8. The number of nitriles is 1. The number of nitrogens with zero attached hydrogens (tertiary/aromatic N) is 2. The standard InChI is InChI=1S/C21H21F2N3O3/c1-4-7-26-13(2)8-15(14(26)3)9-16(11-24)21(28)29-12-20(27)25-19-6-5-17(22)10-18(19)23/h5-6,8-10H,4,7,12H2,1-3H3,(H,25,27). The molecule has 29 heavy (non-hydrogen) atoms. The average molecular weight is 401 g/mol. The predicted octanol–water partition coefficient (Wildman–Crippen LogP) is 3.88. The molecule has 0 radical (unpaired) electrons. The van der Waals surface area contributed by atoms with E-state index in [4.69, 9.17) is 4.74 Å². The average Bonchev–Trinajstić information content (AvgIpc) is 2.94. The van der Waals surface area contributed by atoms with Gasteiger partial charge < -0.3 is 14.6 Å². The molecule has 0 unspecified atom stereocenters. The lowest BCUT2D eigenvalue weighted by Crippen LogP contribution is -2.22. The van der Waals surface area contributed by atoms with Gasteiger partial charge in [-0.2, -0.15) is 5.26 Å². The molecule has 1 heterocycles. The number of benzene rings is 1. The van der Waals surface area contributed by atoms with Crippen molar-refractivity contribution in [2.75, 3.05) is 11.9 Å². The molecule has 0 spiro atoms. The Hall–Kier alpha value is -3.47. The van der Waals surface area contributed by atoms with Crippen molar-refractivity contribution >= 4 is 23.6 Å². The molecule has 0 saturated carbocycles. The molecule has 152 valence electrons. The Morgan fingerprint density at radius 3 is 2.62 bits per heavy atom. The summed E-state index contributed by atoms with van der Waals surface area (Å²) in [7, 11) is 0. The molecule has 0 fully saturated rings. The summed E-state index contributed by atoms with van der Waals surface area (Å²) >= 11 is 0. The smallest absolute Gasteiger partial charge is 0.349 e. The quantitative estimate of drug-likeness (QED) is 0.434. The Morgan fingerprint density at radius 1 is 1.28 bits per heavy atom.